The van der Waals surface area contributed by atoms with Gasteiger partial charge in [-0.25, -0.2) is 8.78 Å². The van der Waals surface area contributed by atoms with Crippen molar-refractivity contribution in [1.29, 1.82) is 0 Å². The van der Waals surface area contributed by atoms with Gasteiger partial charge in [-0.15, -0.1) is 0 Å². The number of rotatable bonds is 2. The molecule has 0 saturated carbocycles. The van der Waals surface area contributed by atoms with E-state index in [0.29, 0.717) is 24.1 Å². The lowest BCUT2D eigenvalue weighted by molar-refractivity contribution is 0.362. The lowest BCUT2D eigenvalue weighted by atomic mass is 9.82. The largest absolute Gasteiger partial charge is 0.382 e. The van der Waals surface area contributed by atoms with Gasteiger partial charge >= 0.3 is 0 Å². The summed E-state index contributed by atoms with van der Waals surface area (Å²) in [5.74, 6) is 0.161. The van der Waals surface area contributed by atoms with Crippen molar-refractivity contribution in [3.05, 3.63) is 29.3 Å². The van der Waals surface area contributed by atoms with Gasteiger partial charge in [-0.1, -0.05) is 20.8 Å². The molecule has 0 saturated heterocycles. The number of halogens is 2. The van der Waals surface area contributed by atoms with Crippen LogP contribution in [0, 0.1) is 23.5 Å². The highest BCUT2D eigenvalue weighted by molar-refractivity contribution is 5.59. The second-order valence-electron chi connectivity index (χ2n) is 4.94. The van der Waals surface area contributed by atoms with Crippen LogP contribution in [-0.4, -0.2) is 6.54 Å². The van der Waals surface area contributed by atoms with Gasteiger partial charge in [0, 0.05) is 18.5 Å². The first-order valence-corrected chi connectivity index (χ1v) is 5.73. The summed E-state index contributed by atoms with van der Waals surface area (Å²) < 4.78 is 26.7. The molecule has 0 radical (unpaired) electrons. The van der Waals surface area contributed by atoms with Gasteiger partial charge in [-0.05, 0) is 23.5 Å². The summed E-state index contributed by atoms with van der Waals surface area (Å²) in [7, 11) is 0. The van der Waals surface area contributed by atoms with Crippen LogP contribution in [0.5, 0.6) is 0 Å². The third-order valence-electron chi connectivity index (χ3n) is 3.67. The molecule has 0 fully saturated rings. The van der Waals surface area contributed by atoms with Crippen molar-refractivity contribution in [2.24, 2.45) is 11.8 Å². The van der Waals surface area contributed by atoms with Crippen LogP contribution < -0.4 is 5.32 Å². The zero-order valence-corrected chi connectivity index (χ0v) is 9.85. The Hall–Kier alpha value is -1.12. The molecule has 88 valence electrons. The highest BCUT2D eigenvalue weighted by Gasteiger charge is 2.31. The first-order valence-electron chi connectivity index (χ1n) is 5.73. The van der Waals surface area contributed by atoms with E-state index in [1.807, 2.05) is 0 Å². The zero-order valence-electron chi connectivity index (χ0n) is 9.85. The normalized spacial score (nSPS) is 20.8. The summed E-state index contributed by atoms with van der Waals surface area (Å²) in [6, 6.07) is 2.40. The molecule has 1 aliphatic heterocycles. The molecule has 0 bridgehead atoms. The Balaban J connectivity index is 2.39. The molecule has 2 rings (SSSR count). The Morgan fingerprint density at radius 3 is 2.56 bits per heavy atom. The van der Waals surface area contributed by atoms with Gasteiger partial charge < -0.3 is 5.32 Å². The minimum Gasteiger partial charge on any atom is -0.382 e. The fraction of sp³-hybridized carbons (Fsp3) is 0.538. The Morgan fingerprint density at radius 2 is 1.94 bits per heavy atom. The predicted octanol–water partition coefficient (Wildman–Crippen LogP) is 3.77. The maximum absolute atomic E-state index is 13.5. The van der Waals surface area contributed by atoms with Gasteiger partial charge in [0.15, 0.2) is 0 Å². The minimum atomic E-state index is -0.485. The topological polar surface area (TPSA) is 12.0 Å². The fourth-order valence-electron chi connectivity index (χ4n) is 2.33. The van der Waals surface area contributed by atoms with Gasteiger partial charge in [-0.3, -0.25) is 0 Å². The van der Waals surface area contributed by atoms with Crippen molar-refractivity contribution >= 4 is 5.69 Å². The molecule has 1 heterocycles. The Kier molecular flexibility index (Phi) is 2.87. The van der Waals surface area contributed by atoms with Crippen LogP contribution in [0.2, 0.25) is 0 Å². The van der Waals surface area contributed by atoms with Crippen LogP contribution in [0.1, 0.15) is 32.3 Å². The summed E-state index contributed by atoms with van der Waals surface area (Å²) in [6.07, 6.45) is 0. The Morgan fingerprint density at radius 1 is 1.25 bits per heavy atom. The average Bonchev–Trinajstić information content (AvgIpc) is 2.60. The predicted molar refractivity (Wildman–Crippen MR) is 61.6 cm³/mol. The van der Waals surface area contributed by atoms with Crippen LogP contribution >= 0.6 is 0 Å². The zero-order chi connectivity index (χ0) is 11.9. The summed E-state index contributed by atoms with van der Waals surface area (Å²) >= 11 is 0. The molecular formula is C13H17F2N. The highest BCUT2D eigenvalue weighted by Crippen LogP contribution is 2.40. The number of hydrogen-bond acceptors (Lipinski definition) is 1. The van der Waals surface area contributed by atoms with Gasteiger partial charge in [0.05, 0.1) is 5.69 Å². The molecule has 16 heavy (non-hydrogen) atoms. The van der Waals surface area contributed by atoms with E-state index in [2.05, 4.69) is 26.1 Å². The number of fused-ring (bicyclic) bond motifs is 1. The third kappa shape index (κ3) is 1.79. The number of nitrogens with one attached hydrogen (secondary N) is 1. The molecule has 0 aliphatic carbocycles. The molecule has 3 heteroatoms. The molecule has 1 nitrogen and oxygen atoms in total. The lowest BCUT2D eigenvalue weighted by Gasteiger charge is -2.22. The van der Waals surface area contributed by atoms with Crippen molar-refractivity contribution in [3.63, 3.8) is 0 Å². The molecule has 1 N–H and O–H groups in total. The third-order valence-corrected chi connectivity index (χ3v) is 3.67. The van der Waals surface area contributed by atoms with E-state index >= 15 is 0 Å². The quantitative estimate of drug-likeness (QED) is 0.808. The van der Waals surface area contributed by atoms with Crippen molar-refractivity contribution in [3.8, 4) is 0 Å². The van der Waals surface area contributed by atoms with E-state index in [9.17, 15) is 8.78 Å². The van der Waals surface area contributed by atoms with E-state index in [1.54, 1.807) is 0 Å². The maximum atomic E-state index is 13.5. The Bertz CT molecular complexity index is 401. The van der Waals surface area contributed by atoms with Crippen LogP contribution in [-0.2, 0) is 0 Å². The number of anilines is 1. The van der Waals surface area contributed by atoms with Crippen molar-refractivity contribution in [1.82, 2.24) is 0 Å². The van der Waals surface area contributed by atoms with E-state index in [4.69, 9.17) is 0 Å². The van der Waals surface area contributed by atoms with Gasteiger partial charge in [0.1, 0.15) is 11.6 Å². The van der Waals surface area contributed by atoms with E-state index < -0.39 is 11.6 Å². The molecule has 2 atom stereocenters. The first-order chi connectivity index (χ1) is 7.50. The molecule has 0 amide bonds. The summed E-state index contributed by atoms with van der Waals surface area (Å²) in [4.78, 5) is 0. The van der Waals surface area contributed by atoms with Crippen LogP contribution in [0.3, 0.4) is 0 Å². The van der Waals surface area contributed by atoms with Gasteiger partial charge in [0.25, 0.3) is 0 Å². The van der Waals surface area contributed by atoms with E-state index in [-0.39, 0.29) is 5.92 Å². The van der Waals surface area contributed by atoms with E-state index in [0.717, 1.165) is 11.6 Å². The summed E-state index contributed by atoms with van der Waals surface area (Å²) in [5.41, 5.74) is 1.28. The summed E-state index contributed by atoms with van der Waals surface area (Å²) in [5, 5.41) is 3.04. The smallest absolute Gasteiger partial charge is 0.149 e. The van der Waals surface area contributed by atoms with Crippen LogP contribution in [0.4, 0.5) is 14.5 Å². The first kappa shape index (κ1) is 11.4. The molecule has 2 unspecified atom stereocenters. The molecule has 1 aromatic carbocycles. The van der Waals surface area contributed by atoms with Crippen LogP contribution in [0.15, 0.2) is 12.1 Å². The van der Waals surface area contributed by atoms with E-state index in [1.165, 1.54) is 6.07 Å². The Labute approximate surface area is 94.9 Å². The SMILES string of the molecule is CC(C)C(C)C1CNc2c(F)cc(F)cc21. The minimum absolute atomic E-state index is 0.209. The molecule has 1 aromatic rings. The highest BCUT2D eigenvalue weighted by atomic mass is 19.1. The second-order valence-corrected chi connectivity index (χ2v) is 4.94. The van der Waals surface area contributed by atoms with Crippen molar-refractivity contribution in [2.75, 3.05) is 11.9 Å². The number of hydrogen-bond donors (Lipinski definition) is 1. The van der Waals surface area contributed by atoms with Gasteiger partial charge in [-0.2, -0.15) is 0 Å². The number of benzene rings is 1. The second kappa shape index (κ2) is 4.04. The maximum Gasteiger partial charge on any atom is 0.149 e. The molecule has 0 spiro atoms. The standard InChI is InChI=1S/C13H17F2N/c1-7(2)8(3)11-6-16-13-10(11)4-9(14)5-12(13)15/h4-5,7-8,11,16H,6H2,1-3H3. The molecular weight excluding hydrogens is 208 g/mol. The fourth-order valence-corrected chi connectivity index (χ4v) is 2.33. The van der Waals surface area contributed by atoms with Crippen molar-refractivity contribution < 1.29 is 8.78 Å². The van der Waals surface area contributed by atoms with Crippen LogP contribution in [0.25, 0.3) is 0 Å². The average molecular weight is 225 g/mol. The molecule has 0 aromatic heterocycles. The van der Waals surface area contributed by atoms with Gasteiger partial charge in [0.2, 0.25) is 0 Å². The van der Waals surface area contributed by atoms with Crippen molar-refractivity contribution in [2.45, 2.75) is 26.7 Å². The lowest BCUT2D eigenvalue weighted by Crippen LogP contribution is -2.17. The monoisotopic (exact) mass is 225 g/mol. The molecule has 1 aliphatic rings. The summed E-state index contributed by atoms with van der Waals surface area (Å²) in [6.45, 7) is 7.11.